The minimum Gasteiger partial charge on any atom is -0.490 e. The van der Waals surface area contributed by atoms with Crippen LogP contribution in [0, 0.1) is 0 Å². The summed E-state index contributed by atoms with van der Waals surface area (Å²) < 4.78 is 73.5. The quantitative estimate of drug-likeness (QED) is 0.345. The number of halogens is 4. The van der Waals surface area contributed by atoms with Gasteiger partial charge in [0.05, 0.1) is 27.3 Å². The van der Waals surface area contributed by atoms with E-state index in [0.29, 0.717) is 21.8 Å². The summed E-state index contributed by atoms with van der Waals surface area (Å²) in [6, 6.07) is 16.0. The van der Waals surface area contributed by atoms with Gasteiger partial charge in [-0.2, -0.15) is 13.2 Å². The third-order valence-electron chi connectivity index (χ3n) is 5.90. The van der Waals surface area contributed by atoms with Gasteiger partial charge in [0.2, 0.25) is 5.91 Å². The lowest BCUT2D eigenvalue weighted by atomic mass is 10.2. The molecule has 0 atom stereocenters. The van der Waals surface area contributed by atoms with Crippen LogP contribution in [0.15, 0.2) is 77.7 Å². The summed E-state index contributed by atoms with van der Waals surface area (Å²) >= 11 is 6.15. The summed E-state index contributed by atoms with van der Waals surface area (Å²) in [5.74, 6) is -0.119. The fraction of sp³-hybridized carbons (Fsp3) is 0.269. The molecule has 0 radical (unpaired) electrons. The average molecular weight is 553 g/mol. The molecule has 0 heterocycles. The number of alkyl halides is 3. The Morgan fingerprint density at radius 2 is 1.65 bits per heavy atom. The molecule has 0 aromatic heterocycles. The van der Waals surface area contributed by atoms with Gasteiger partial charge in [0, 0.05) is 5.69 Å². The molecule has 1 amide bonds. The fourth-order valence-corrected chi connectivity index (χ4v) is 5.77. The van der Waals surface area contributed by atoms with Crippen molar-refractivity contribution in [2.24, 2.45) is 0 Å². The first-order chi connectivity index (χ1) is 17.5. The molecule has 0 unspecified atom stereocenters. The predicted octanol–water partition coefficient (Wildman–Crippen LogP) is 6.51. The second-order valence-electron chi connectivity index (χ2n) is 8.59. The molecule has 37 heavy (non-hydrogen) atoms. The molecule has 1 fully saturated rings. The zero-order valence-corrected chi connectivity index (χ0v) is 21.1. The standard InChI is InChI=1S/C26H24ClF3N2O4S/c27-23-15-10-18(26(28,29)30)16-24(23)32(37(34,35)22-8-2-1-3-9-22)17-25(33)31-19-11-13-21(14-12-19)36-20-6-4-5-7-20/h1-3,8-16,20H,4-7,17H2,(H,31,33). The van der Waals surface area contributed by atoms with Gasteiger partial charge in [-0.3, -0.25) is 9.10 Å². The van der Waals surface area contributed by atoms with E-state index in [1.807, 2.05) is 0 Å². The Balaban J connectivity index is 1.60. The van der Waals surface area contributed by atoms with Gasteiger partial charge in [-0.15, -0.1) is 0 Å². The summed E-state index contributed by atoms with van der Waals surface area (Å²) in [6.45, 7) is -0.807. The first-order valence-corrected chi connectivity index (χ1v) is 13.4. The van der Waals surface area contributed by atoms with Crippen molar-refractivity contribution < 1.29 is 31.1 Å². The van der Waals surface area contributed by atoms with E-state index in [4.69, 9.17) is 16.3 Å². The molecule has 1 aliphatic carbocycles. The Labute approximate surface area is 218 Å². The van der Waals surface area contributed by atoms with Crippen LogP contribution in [0.2, 0.25) is 5.02 Å². The lowest BCUT2D eigenvalue weighted by Crippen LogP contribution is -2.38. The highest BCUT2D eigenvalue weighted by Crippen LogP contribution is 2.37. The minimum absolute atomic E-state index is 0.161. The van der Waals surface area contributed by atoms with Gasteiger partial charge >= 0.3 is 6.18 Å². The highest BCUT2D eigenvalue weighted by molar-refractivity contribution is 7.92. The molecular formula is C26H24ClF3N2O4S. The van der Waals surface area contributed by atoms with E-state index in [-0.39, 0.29) is 16.0 Å². The van der Waals surface area contributed by atoms with Crippen molar-refractivity contribution in [1.29, 1.82) is 0 Å². The van der Waals surface area contributed by atoms with E-state index < -0.39 is 39.9 Å². The highest BCUT2D eigenvalue weighted by atomic mass is 35.5. The summed E-state index contributed by atoms with van der Waals surface area (Å²) in [5, 5.41) is 2.33. The number of rotatable bonds is 8. The summed E-state index contributed by atoms with van der Waals surface area (Å²) in [5.41, 5.74) is -1.19. The van der Waals surface area contributed by atoms with Crippen LogP contribution in [0.1, 0.15) is 31.2 Å². The molecule has 1 aliphatic rings. The van der Waals surface area contributed by atoms with Crippen molar-refractivity contribution in [2.75, 3.05) is 16.2 Å². The van der Waals surface area contributed by atoms with Crippen LogP contribution in [0.5, 0.6) is 5.75 Å². The van der Waals surface area contributed by atoms with Gasteiger partial charge in [0.25, 0.3) is 10.0 Å². The van der Waals surface area contributed by atoms with Crippen molar-refractivity contribution >= 4 is 38.9 Å². The molecule has 3 aromatic carbocycles. The first kappa shape index (κ1) is 26.8. The molecule has 0 saturated heterocycles. The molecule has 3 aromatic rings. The van der Waals surface area contributed by atoms with Gasteiger partial charge in [-0.1, -0.05) is 29.8 Å². The van der Waals surface area contributed by atoms with E-state index in [2.05, 4.69) is 5.32 Å². The maximum Gasteiger partial charge on any atom is 0.416 e. The molecule has 0 aliphatic heterocycles. The number of carbonyl (C=O) groups excluding carboxylic acids is 1. The molecule has 1 saturated carbocycles. The first-order valence-electron chi connectivity index (χ1n) is 11.5. The van der Waals surface area contributed by atoms with Gasteiger partial charge in [-0.25, -0.2) is 8.42 Å². The van der Waals surface area contributed by atoms with E-state index in [9.17, 15) is 26.4 Å². The number of anilines is 2. The maximum absolute atomic E-state index is 13.4. The predicted molar refractivity (Wildman–Crippen MR) is 135 cm³/mol. The Hall–Kier alpha value is -3.24. The van der Waals surface area contributed by atoms with Crippen LogP contribution in [0.25, 0.3) is 0 Å². The average Bonchev–Trinajstić information content (AvgIpc) is 3.37. The van der Waals surface area contributed by atoms with Crippen molar-refractivity contribution in [3.8, 4) is 5.75 Å². The zero-order chi connectivity index (χ0) is 26.6. The normalized spacial score (nSPS) is 14.4. The van der Waals surface area contributed by atoms with Crippen LogP contribution in [0.4, 0.5) is 24.5 Å². The van der Waals surface area contributed by atoms with Crippen LogP contribution < -0.4 is 14.4 Å². The molecule has 196 valence electrons. The Morgan fingerprint density at radius 1 is 1.00 bits per heavy atom. The van der Waals surface area contributed by atoms with Crippen LogP contribution in [-0.4, -0.2) is 27.0 Å². The van der Waals surface area contributed by atoms with Crippen LogP contribution in [-0.2, 0) is 21.0 Å². The molecule has 11 heteroatoms. The van der Waals surface area contributed by atoms with E-state index in [1.54, 1.807) is 30.3 Å². The number of amides is 1. The number of sulfonamides is 1. The molecular weight excluding hydrogens is 529 g/mol. The SMILES string of the molecule is O=C(CN(c1cc(C(F)(F)F)ccc1Cl)S(=O)(=O)c1ccccc1)Nc1ccc(OC2CCCC2)cc1. The number of nitrogens with zero attached hydrogens (tertiary/aromatic N) is 1. The number of carbonyl (C=O) groups is 1. The zero-order valence-electron chi connectivity index (χ0n) is 19.5. The molecule has 0 spiro atoms. The molecule has 6 nitrogen and oxygen atoms in total. The largest absolute Gasteiger partial charge is 0.490 e. The second kappa shape index (κ2) is 11.0. The number of nitrogens with one attached hydrogen (secondary N) is 1. The Kier molecular flexibility index (Phi) is 7.99. The molecule has 1 N–H and O–H groups in total. The number of benzene rings is 3. The van der Waals surface area contributed by atoms with Crippen LogP contribution in [0.3, 0.4) is 0 Å². The van der Waals surface area contributed by atoms with Gasteiger partial charge in [0.15, 0.2) is 0 Å². The van der Waals surface area contributed by atoms with Crippen molar-refractivity contribution in [3.05, 3.63) is 83.4 Å². The van der Waals surface area contributed by atoms with E-state index in [1.165, 1.54) is 24.3 Å². The van der Waals surface area contributed by atoms with E-state index >= 15 is 0 Å². The van der Waals surface area contributed by atoms with Crippen LogP contribution >= 0.6 is 11.6 Å². The third-order valence-corrected chi connectivity index (χ3v) is 8.00. The van der Waals surface area contributed by atoms with Gasteiger partial charge in [0.1, 0.15) is 12.3 Å². The maximum atomic E-state index is 13.4. The van der Waals surface area contributed by atoms with Crippen molar-refractivity contribution in [3.63, 3.8) is 0 Å². The summed E-state index contributed by atoms with van der Waals surface area (Å²) in [4.78, 5) is 12.7. The van der Waals surface area contributed by atoms with Gasteiger partial charge < -0.3 is 10.1 Å². The Morgan fingerprint density at radius 3 is 2.27 bits per heavy atom. The third kappa shape index (κ3) is 6.56. The fourth-order valence-electron chi connectivity index (χ4n) is 4.05. The van der Waals surface area contributed by atoms with E-state index in [0.717, 1.165) is 37.8 Å². The number of hydrogen-bond acceptors (Lipinski definition) is 4. The smallest absolute Gasteiger partial charge is 0.416 e. The van der Waals surface area contributed by atoms with Crippen molar-refractivity contribution in [2.45, 2.75) is 42.9 Å². The molecule has 4 rings (SSSR count). The number of ether oxygens (including phenoxy) is 1. The summed E-state index contributed by atoms with van der Waals surface area (Å²) in [6.07, 6.45) is -0.361. The monoisotopic (exact) mass is 552 g/mol. The highest BCUT2D eigenvalue weighted by Gasteiger charge is 2.34. The molecule has 0 bridgehead atoms. The lowest BCUT2D eigenvalue weighted by molar-refractivity contribution is -0.137. The van der Waals surface area contributed by atoms with Gasteiger partial charge in [-0.05, 0) is 80.3 Å². The Bertz CT molecular complexity index is 1340. The number of hydrogen-bond donors (Lipinski definition) is 1. The topological polar surface area (TPSA) is 75.7 Å². The van der Waals surface area contributed by atoms with Crippen molar-refractivity contribution in [1.82, 2.24) is 0 Å². The summed E-state index contributed by atoms with van der Waals surface area (Å²) in [7, 11) is -4.45. The minimum atomic E-state index is -4.74. The lowest BCUT2D eigenvalue weighted by Gasteiger charge is -2.26. The second-order valence-corrected chi connectivity index (χ2v) is 10.9.